The number of halogens is 4. The van der Waals surface area contributed by atoms with Crippen molar-refractivity contribution >= 4 is 39.7 Å². The van der Waals surface area contributed by atoms with Crippen LogP contribution in [0, 0.1) is 5.82 Å². The third-order valence-electron chi connectivity index (χ3n) is 6.31. The van der Waals surface area contributed by atoms with Gasteiger partial charge in [0.2, 0.25) is 5.91 Å². The van der Waals surface area contributed by atoms with Crippen LogP contribution in [-0.4, -0.2) is 52.1 Å². The Morgan fingerprint density at radius 2 is 1.95 bits per heavy atom. The number of fused-ring (bicyclic) bond motifs is 1. The van der Waals surface area contributed by atoms with E-state index in [0.717, 1.165) is 11.4 Å². The first-order valence-corrected chi connectivity index (χ1v) is 13.2. The number of alkyl halides is 3. The zero-order valence-electron chi connectivity index (χ0n) is 21.6. The van der Waals surface area contributed by atoms with Gasteiger partial charge < -0.3 is 24.4 Å². The highest BCUT2D eigenvalue weighted by Crippen LogP contribution is 2.38. The number of nitrogens with one attached hydrogen (secondary N) is 1. The number of likely N-dealkylation sites (tertiary alicyclic amines) is 1. The molecular weight excluding hydrogens is 566 g/mol. The van der Waals surface area contributed by atoms with Crippen molar-refractivity contribution in [1.29, 1.82) is 0 Å². The maximum Gasteiger partial charge on any atom is 0.434 e. The molecule has 1 N–H and O–H groups in total. The van der Waals surface area contributed by atoms with E-state index in [0.29, 0.717) is 59.7 Å². The number of methoxy groups -OCH3 is 1. The van der Waals surface area contributed by atoms with E-state index in [1.807, 2.05) is 0 Å². The second-order valence-corrected chi connectivity index (χ2v) is 9.77. The molecule has 41 heavy (non-hydrogen) atoms. The highest BCUT2D eigenvalue weighted by Gasteiger charge is 2.34. The standard InChI is InChI=1S/C27H23F4N5O4S/c1-3-24(37)36-8-6-15(7-9-36)39-22-11-17-20(12-21(22)38-2)32-14-33-25(17)34-19-5-4-16(10-18(19)28)40-26-35-23(13-41-26)27(29,30)31/h3-5,10-15H,1,6-9H2,2H3,(H,32,33,34). The number of carbonyl (C=O) groups excluding carboxylic acids is 1. The molecule has 0 atom stereocenters. The normalized spacial score (nSPS) is 14.1. The van der Waals surface area contributed by atoms with Gasteiger partial charge in [0.15, 0.2) is 17.2 Å². The summed E-state index contributed by atoms with van der Waals surface area (Å²) in [6.45, 7) is 4.59. The van der Waals surface area contributed by atoms with Gasteiger partial charge in [-0.15, -0.1) is 0 Å². The summed E-state index contributed by atoms with van der Waals surface area (Å²) >= 11 is 0.653. The fraction of sp³-hybridized carbons (Fsp3) is 0.259. The zero-order chi connectivity index (χ0) is 29.1. The molecule has 14 heteroatoms. The molecule has 1 aliphatic heterocycles. The summed E-state index contributed by atoms with van der Waals surface area (Å²) in [6, 6.07) is 7.18. The largest absolute Gasteiger partial charge is 0.493 e. The van der Waals surface area contributed by atoms with Crippen molar-refractivity contribution in [1.82, 2.24) is 19.9 Å². The van der Waals surface area contributed by atoms with Gasteiger partial charge in [0.05, 0.1) is 18.3 Å². The van der Waals surface area contributed by atoms with Crippen molar-refractivity contribution in [2.45, 2.75) is 25.1 Å². The number of rotatable bonds is 8. The maximum absolute atomic E-state index is 15.0. The first-order chi connectivity index (χ1) is 19.6. The average molecular weight is 590 g/mol. The van der Waals surface area contributed by atoms with E-state index in [4.69, 9.17) is 14.2 Å². The lowest BCUT2D eigenvalue weighted by atomic mass is 10.1. The predicted molar refractivity (Wildman–Crippen MR) is 143 cm³/mol. The number of amides is 1. The average Bonchev–Trinajstić information content (AvgIpc) is 3.43. The lowest BCUT2D eigenvalue weighted by Gasteiger charge is -2.31. The van der Waals surface area contributed by atoms with Crippen molar-refractivity contribution in [2.24, 2.45) is 0 Å². The van der Waals surface area contributed by atoms with Crippen molar-refractivity contribution < 1.29 is 36.6 Å². The van der Waals surface area contributed by atoms with E-state index in [-0.39, 0.29) is 34.5 Å². The van der Waals surface area contributed by atoms with Gasteiger partial charge in [-0.2, -0.15) is 18.2 Å². The van der Waals surface area contributed by atoms with Crippen LogP contribution in [0.25, 0.3) is 10.9 Å². The molecule has 1 amide bonds. The fourth-order valence-corrected chi connectivity index (χ4v) is 4.94. The van der Waals surface area contributed by atoms with Crippen molar-refractivity contribution in [3.8, 4) is 22.4 Å². The van der Waals surface area contributed by atoms with Gasteiger partial charge in [-0.3, -0.25) is 4.79 Å². The number of hydrogen-bond acceptors (Lipinski definition) is 9. The highest BCUT2D eigenvalue weighted by molar-refractivity contribution is 7.11. The summed E-state index contributed by atoms with van der Waals surface area (Å²) in [5.74, 6) is 0.312. The Labute approximate surface area is 235 Å². The number of carbonyl (C=O) groups is 1. The van der Waals surface area contributed by atoms with E-state index in [1.54, 1.807) is 17.0 Å². The van der Waals surface area contributed by atoms with E-state index >= 15 is 0 Å². The molecule has 0 aliphatic carbocycles. The fourth-order valence-electron chi connectivity index (χ4n) is 4.24. The minimum atomic E-state index is -4.60. The quantitative estimate of drug-likeness (QED) is 0.188. The minimum absolute atomic E-state index is 0.0232. The summed E-state index contributed by atoms with van der Waals surface area (Å²) in [7, 11) is 1.51. The van der Waals surface area contributed by atoms with Crippen LogP contribution < -0.4 is 19.5 Å². The van der Waals surface area contributed by atoms with E-state index < -0.39 is 17.7 Å². The van der Waals surface area contributed by atoms with Gasteiger partial charge >= 0.3 is 6.18 Å². The molecule has 1 fully saturated rings. The van der Waals surface area contributed by atoms with Crippen molar-refractivity contribution in [3.63, 3.8) is 0 Å². The molecule has 3 heterocycles. The van der Waals surface area contributed by atoms with Crippen LogP contribution in [0.15, 0.2) is 54.7 Å². The molecule has 9 nitrogen and oxygen atoms in total. The Kier molecular flexibility index (Phi) is 7.92. The van der Waals surface area contributed by atoms with Gasteiger partial charge in [0.25, 0.3) is 5.19 Å². The Bertz CT molecular complexity index is 1590. The minimum Gasteiger partial charge on any atom is -0.493 e. The molecule has 1 saturated heterocycles. The first-order valence-electron chi connectivity index (χ1n) is 12.3. The molecule has 0 saturated carbocycles. The van der Waals surface area contributed by atoms with E-state index in [2.05, 4.69) is 26.8 Å². The molecule has 0 unspecified atom stereocenters. The van der Waals surface area contributed by atoms with E-state index in [1.165, 1.54) is 31.6 Å². The van der Waals surface area contributed by atoms with Gasteiger partial charge in [-0.25, -0.2) is 14.4 Å². The molecular formula is C27H23F4N5O4S. The van der Waals surface area contributed by atoms with Crippen LogP contribution in [0.3, 0.4) is 0 Å². The Balaban J connectivity index is 1.34. The second-order valence-electron chi connectivity index (χ2n) is 8.95. The van der Waals surface area contributed by atoms with Crippen LogP contribution in [0.5, 0.6) is 22.4 Å². The number of thiazole rings is 1. The summed E-state index contributed by atoms with van der Waals surface area (Å²) in [4.78, 5) is 25.5. The van der Waals surface area contributed by atoms with Crippen LogP contribution >= 0.6 is 11.3 Å². The Morgan fingerprint density at radius 3 is 2.61 bits per heavy atom. The second kappa shape index (κ2) is 11.6. The highest BCUT2D eigenvalue weighted by atomic mass is 32.1. The maximum atomic E-state index is 15.0. The van der Waals surface area contributed by atoms with Crippen LogP contribution in [-0.2, 0) is 11.0 Å². The number of piperidine rings is 1. The lowest BCUT2D eigenvalue weighted by molar-refractivity contribution is -0.140. The summed E-state index contributed by atoms with van der Waals surface area (Å²) in [5, 5.41) is 4.02. The van der Waals surface area contributed by atoms with Crippen molar-refractivity contribution in [3.05, 3.63) is 66.2 Å². The number of benzene rings is 2. The van der Waals surface area contributed by atoms with Gasteiger partial charge in [-0.1, -0.05) is 17.9 Å². The van der Waals surface area contributed by atoms with Crippen LogP contribution in [0.4, 0.5) is 29.1 Å². The predicted octanol–water partition coefficient (Wildman–Crippen LogP) is 6.34. The van der Waals surface area contributed by atoms with Crippen LogP contribution in [0.1, 0.15) is 18.5 Å². The molecule has 0 bridgehead atoms. The molecule has 1 aliphatic rings. The van der Waals surface area contributed by atoms with Crippen LogP contribution in [0.2, 0.25) is 0 Å². The Morgan fingerprint density at radius 1 is 1.17 bits per heavy atom. The van der Waals surface area contributed by atoms with Gasteiger partial charge in [0.1, 0.15) is 29.8 Å². The molecule has 2 aromatic heterocycles. The Hall–Kier alpha value is -4.46. The lowest BCUT2D eigenvalue weighted by Crippen LogP contribution is -2.41. The molecule has 0 spiro atoms. The van der Waals surface area contributed by atoms with Gasteiger partial charge in [0, 0.05) is 48.8 Å². The van der Waals surface area contributed by atoms with E-state index in [9.17, 15) is 22.4 Å². The first kappa shape index (κ1) is 28.1. The van der Waals surface area contributed by atoms with Crippen molar-refractivity contribution in [2.75, 3.05) is 25.5 Å². The number of ether oxygens (including phenoxy) is 3. The SMILES string of the molecule is C=CC(=O)N1CCC(Oc2cc3c(Nc4ccc(Oc5nc(C(F)(F)F)cs5)cc4F)ncnc3cc2OC)CC1. The third-order valence-corrected chi connectivity index (χ3v) is 7.03. The molecule has 5 rings (SSSR count). The molecule has 2 aromatic carbocycles. The smallest absolute Gasteiger partial charge is 0.434 e. The number of aromatic nitrogens is 3. The number of nitrogens with zero attached hydrogens (tertiary/aromatic N) is 4. The zero-order valence-corrected chi connectivity index (χ0v) is 22.4. The third kappa shape index (κ3) is 6.32. The summed E-state index contributed by atoms with van der Waals surface area (Å²) in [5.41, 5.74) is -0.521. The number of anilines is 2. The molecule has 214 valence electrons. The molecule has 0 radical (unpaired) electrons. The monoisotopic (exact) mass is 589 g/mol. The topological polar surface area (TPSA) is 98.7 Å². The molecule has 4 aromatic rings. The number of hydrogen-bond donors (Lipinski definition) is 1. The summed E-state index contributed by atoms with van der Waals surface area (Å²) in [6.07, 6.45) is -0.918. The van der Waals surface area contributed by atoms with Gasteiger partial charge in [-0.05, 0) is 24.3 Å². The summed E-state index contributed by atoms with van der Waals surface area (Å²) < 4.78 is 70.4.